The fourth-order valence-corrected chi connectivity index (χ4v) is 4.14. The first-order valence-electron chi connectivity index (χ1n) is 7.68. The maximum atomic E-state index is 12.2. The van der Waals surface area contributed by atoms with E-state index in [1.165, 1.54) is 24.2 Å². The number of carbonyl (C=O) groups is 1. The molecule has 24 heavy (non-hydrogen) atoms. The summed E-state index contributed by atoms with van der Waals surface area (Å²) in [6, 6.07) is 0. The van der Waals surface area contributed by atoms with Gasteiger partial charge in [-0.25, -0.2) is 14.6 Å². The standard InChI is InChI=1S/C15H16N6OS2/c1-8-14(24-9(2)16-8)12-7-23-15(17-12)18-13(22)6-21-5-11(19-20-21)10-3-4-10/h5,7,10H,3-4,6H2,1-2H3,(H,17,18,22). The number of nitrogens with one attached hydrogen (secondary N) is 1. The van der Waals surface area contributed by atoms with Crippen LogP contribution in [0.5, 0.6) is 0 Å². The van der Waals surface area contributed by atoms with Gasteiger partial charge in [0, 0.05) is 17.5 Å². The third-order valence-electron chi connectivity index (χ3n) is 3.74. The van der Waals surface area contributed by atoms with Gasteiger partial charge in [0.2, 0.25) is 5.91 Å². The Morgan fingerprint density at radius 2 is 2.21 bits per heavy atom. The Morgan fingerprint density at radius 3 is 2.92 bits per heavy atom. The first-order chi connectivity index (χ1) is 11.6. The first-order valence-corrected chi connectivity index (χ1v) is 9.38. The minimum atomic E-state index is -0.152. The summed E-state index contributed by atoms with van der Waals surface area (Å²) in [7, 11) is 0. The van der Waals surface area contributed by atoms with E-state index in [-0.39, 0.29) is 12.5 Å². The van der Waals surface area contributed by atoms with Crippen LogP contribution in [-0.2, 0) is 11.3 Å². The van der Waals surface area contributed by atoms with Gasteiger partial charge >= 0.3 is 0 Å². The lowest BCUT2D eigenvalue weighted by Gasteiger charge is -2.00. The molecule has 0 radical (unpaired) electrons. The van der Waals surface area contributed by atoms with E-state index in [4.69, 9.17) is 0 Å². The van der Waals surface area contributed by atoms with E-state index in [9.17, 15) is 4.79 Å². The predicted octanol–water partition coefficient (Wildman–Crippen LogP) is 2.99. The van der Waals surface area contributed by atoms with E-state index < -0.39 is 0 Å². The van der Waals surface area contributed by atoms with Crippen LogP contribution in [0.3, 0.4) is 0 Å². The summed E-state index contributed by atoms with van der Waals surface area (Å²) < 4.78 is 1.58. The Labute approximate surface area is 146 Å². The average molecular weight is 360 g/mol. The maximum Gasteiger partial charge on any atom is 0.247 e. The van der Waals surface area contributed by atoms with Crippen molar-refractivity contribution in [2.24, 2.45) is 0 Å². The zero-order chi connectivity index (χ0) is 16.7. The van der Waals surface area contributed by atoms with Gasteiger partial charge in [-0.3, -0.25) is 4.79 Å². The lowest BCUT2D eigenvalue weighted by molar-refractivity contribution is -0.116. The number of rotatable bonds is 5. The van der Waals surface area contributed by atoms with E-state index in [0.29, 0.717) is 11.0 Å². The lowest BCUT2D eigenvalue weighted by atomic mass is 10.3. The van der Waals surface area contributed by atoms with Gasteiger partial charge in [0.15, 0.2) is 5.13 Å². The minimum Gasteiger partial charge on any atom is -0.300 e. The van der Waals surface area contributed by atoms with Crippen molar-refractivity contribution in [2.75, 3.05) is 5.32 Å². The van der Waals surface area contributed by atoms with Crippen LogP contribution in [0.1, 0.15) is 35.2 Å². The highest BCUT2D eigenvalue weighted by Gasteiger charge is 2.26. The number of carbonyl (C=O) groups excluding carboxylic acids is 1. The molecule has 3 aromatic rings. The normalized spacial score (nSPS) is 14.1. The molecule has 1 saturated carbocycles. The molecule has 0 atom stereocenters. The smallest absolute Gasteiger partial charge is 0.247 e. The third-order valence-corrected chi connectivity index (χ3v) is 5.60. The Bertz CT molecular complexity index is 892. The molecule has 9 heteroatoms. The van der Waals surface area contributed by atoms with E-state index in [1.54, 1.807) is 16.0 Å². The molecule has 0 spiro atoms. The molecule has 1 fully saturated rings. The second-order valence-electron chi connectivity index (χ2n) is 5.85. The van der Waals surface area contributed by atoms with Gasteiger partial charge in [-0.15, -0.1) is 27.8 Å². The molecular weight excluding hydrogens is 344 g/mol. The summed E-state index contributed by atoms with van der Waals surface area (Å²) in [6.07, 6.45) is 4.19. The highest BCUT2D eigenvalue weighted by atomic mass is 32.1. The van der Waals surface area contributed by atoms with Crippen molar-refractivity contribution in [1.82, 2.24) is 25.0 Å². The summed E-state index contributed by atoms with van der Waals surface area (Å²) in [5.41, 5.74) is 2.81. The summed E-state index contributed by atoms with van der Waals surface area (Å²) in [6.45, 7) is 4.09. The van der Waals surface area contributed by atoms with Crippen molar-refractivity contribution in [3.63, 3.8) is 0 Å². The van der Waals surface area contributed by atoms with Crippen molar-refractivity contribution in [2.45, 2.75) is 39.2 Å². The van der Waals surface area contributed by atoms with Crippen molar-refractivity contribution < 1.29 is 4.79 Å². The van der Waals surface area contributed by atoms with Gasteiger partial charge in [-0.05, 0) is 26.7 Å². The summed E-state index contributed by atoms with van der Waals surface area (Å²) in [4.78, 5) is 22.1. The van der Waals surface area contributed by atoms with Gasteiger partial charge in [-0.1, -0.05) is 5.21 Å². The molecule has 3 heterocycles. The molecule has 4 rings (SSSR count). The number of aryl methyl sites for hydroxylation is 2. The number of amides is 1. The summed E-state index contributed by atoms with van der Waals surface area (Å²) in [5, 5.41) is 14.5. The number of thiazole rings is 2. The van der Waals surface area contributed by atoms with Gasteiger partial charge in [0.1, 0.15) is 6.54 Å². The van der Waals surface area contributed by atoms with Crippen LogP contribution in [0.25, 0.3) is 10.6 Å². The largest absolute Gasteiger partial charge is 0.300 e. The Morgan fingerprint density at radius 1 is 1.38 bits per heavy atom. The molecule has 0 aliphatic heterocycles. The van der Waals surface area contributed by atoms with Crippen LogP contribution in [0.2, 0.25) is 0 Å². The molecular formula is C15H16N6OS2. The Kier molecular flexibility index (Phi) is 3.89. The molecule has 0 bridgehead atoms. The van der Waals surface area contributed by atoms with Gasteiger partial charge in [0.05, 0.1) is 27.0 Å². The molecule has 7 nitrogen and oxygen atoms in total. The second-order valence-corrected chi connectivity index (χ2v) is 7.91. The number of hydrogen-bond donors (Lipinski definition) is 1. The van der Waals surface area contributed by atoms with Gasteiger partial charge in [-0.2, -0.15) is 0 Å². The Hall–Kier alpha value is -2.13. The van der Waals surface area contributed by atoms with Crippen LogP contribution in [0.15, 0.2) is 11.6 Å². The lowest BCUT2D eigenvalue weighted by Crippen LogP contribution is -2.19. The SMILES string of the molecule is Cc1nc(C)c(-c2csc(NC(=O)Cn3cc(C4CC4)nn3)n2)s1. The average Bonchev–Trinajstić information content (AvgIpc) is 2.94. The van der Waals surface area contributed by atoms with Crippen LogP contribution in [-0.4, -0.2) is 30.9 Å². The molecule has 1 amide bonds. The molecule has 0 unspecified atom stereocenters. The molecule has 1 N–H and O–H groups in total. The van der Waals surface area contributed by atoms with Crippen LogP contribution < -0.4 is 5.32 Å². The highest BCUT2D eigenvalue weighted by Crippen LogP contribution is 2.38. The van der Waals surface area contributed by atoms with E-state index in [1.807, 2.05) is 25.4 Å². The molecule has 1 aliphatic rings. The van der Waals surface area contributed by atoms with E-state index in [2.05, 4.69) is 25.6 Å². The van der Waals surface area contributed by atoms with Crippen molar-refractivity contribution in [3.8, 4) is 10.6 Å². The topological polar surface area (TPSA) is 85.6 Å². The molecule has 124 valence electrons. The highest BCUT2D eigenvalue weighted by molar-refractivity contribution is 7.16. The van der Waals surface area contributed by atoms with Crippen LogP contribution in [0, 0.1) is 13.8 Å². The Balaban J connectivity index is 1.41. The van der Waals surface area contributed by atoms with Crippen molar-refractivity contribution >= 4 is 33.7 Å². The number of aromatic nitrogens is 5. The van der Waals surface area contributed by atoms with Gasteiger partial charge < -0.3 is 5.32 Å². The third kappa shape index (κ3) is 3.22. The van der Waals surface area contributed by atoms with Crippen LogP contribution >= 0.6 is 22.7 Å². The second kappa shape index (κ2) is 6.06. The number of hydrogen-bond acceptors (Lipinski definition) is 7. The molecule has 0 aromatic carbocycles. The van der Waals surface area contributed by atoms with Gasteiger partial charge in [0.25, 0.3) is 0 Å². The van der Waals surface area contributed by atoms with Crippen molar-refractivity contribution in [3.05, 3.63) is 28.0 Å². The van der Waals surface area contributed by atoms with E-state index >= 15 is 0 Å². The summed E-state index contributed by atoms with van der Waals surface area (Å²) in [5.74, 6) is 0.384. The number of anilines is 1. The van der Waals surface area contributed by atoms with Crippen molar-refractivity contribution in [1.29, 1.82) is 0 Å². The molecule has 0 saturated heterocycles. The molecule has 3 aromatic heterocycles. The monoisotopic (exact) mass is 360 g/mol. The zero-order valence-electron chi connectivity index (χ0n) is 13.3. The molecule has 1 aliphatic carbocycles. The fraction of sp³-hybridized carbons (Fsp3) is 0.400. The summed E-state index contributed by atoms with van der Waals surface area (Å²) >= 11 is 3.02. The number of nitrogens with zero attached hydrogens (tertiary/aromatic N) is 5. The predicted molar refractivity (Wildman–Crippen MR) is 93.3 cm³/mol. The van der Waals surface area contributed by atoms with E-state index in [0.717, 1.165) is 27.0 Å². The fourth-order valence-electron chi connectivity index (χ4n) is 2.47. The quantitative estimate of drug-likeness (QED) is 0.756. The maximum absolute atomic E-state index is 12.2. The zero-order valence-corrected chi connectivity index (χ0v) is 14.9. The van der Waals surface area contributed by atoms with Crippen LogP contribution in [0.4, 0.5) is 5.13 Å². The first kappa shape index (κ1) is 15.4. The minimum absolute atomic E-state index is 0.146.